The fraction of sp³-hybridized carbons (Fsp3) is 0.333. The number of nitrogens with one attached hydrogen (secondary N) is 2. The van der Waals surface area contributed by atoms with Crippen LogP contribution in [0.25, 0.3) is 5.69 Å². The summed E-state index contributed by atoms with van der Waals surface area (Å²) in [6, 6.07) is 21.1. The molecular weight excluding hydrogens is 526 g/mol. The highest BCUT2D eigenvalue weighted by Gasteiger charge is 2.25. The first-order valence-corrected chi connectivity index (χ1v) is 14.4. The van der Waals surface area contributed by atoms with Gasteiger partial charge in [-0.25, -0.2) is 14.5 Å². The zero-order valence-electron chi connectivity index (χ0n) is 24.7. The molecule has 218 valence electrons. The van der Waals surface area contributed by atoms with Gasteiger partial charge in [0.15, 0.2) is 0 Å². The highest BCUT2D eigenvalue weighted by Crippen LogP contribution is 2.27. The van der Waals surface area contributed by atoms with E-state index in [-0.39, 0.29) is 23.2 Å². The van der Waals surface area contributed by atoms with E-state index in [0.717, 1.165) is 36.2 Å². The van der Waals surface area contributed by atoms with Gasteiger partial charge in [-0.15, -0.1) is 0 Å². The molecule has 1 fully saturated rings. The van der Waals surface area contributed by atoms with Crippen molar-refractivity contribution in [3.8, 4) is 5.69 Å². The van der Waals surface area contributed by atoms with E-state index >= 15 is 0 Å². The van der Waals surface area contributed by atoms with E-state index in [9.17, 15) is 9.59 Å². The van der Waals surface area contributed by atoms with Crippen molar-refractivity contribution in [3.63, 3.8) is 0 Å². The summed E-state index contributed by atoms with van der Waals surface area (Å²) in [7, 11) is 0. The number of benzene rings is 2. The van der Waals surface area contributed by atoms with Crippen molar-refractivity contribution < 1.29 is 9.59 Å². The lowest BCUT2D eigenvalue weighted by Gasteiger charge is -2.32. The van der Waals surface area contributed by atoms with Crippen LogP contribution in [-0.2, 0) is 11.8 Å². The van der Waals surface area contributed by atoms with Crippen molar-refractivity contribution in [1.29, 1.82) is 0 Å². The van der Waals surface area contributed by atoms with E-state index in [4.69, 9.17) is 10.8 Å². The second kappa shape index (κ2) is 12.1. The van der Waals surface area contributed by atoms with Crippen LogP contribution in [0.3, 0.4) is 0 Å². The number of anilines is 3. The summed E-state index contributed by atoms with van der Waals surface area (Å²) in [6.45, 7) is 9.74. The number of nitrogen functional groups attached to an aromatic ring is 1. The smallest absolute Gasteiger partial charge is 0.324 e. The molecule has 5 rings (SSSR count). The molecule has 3 amide bonds. The van der Waals surface area contributed by atoms with E-state index in [2.05, 4.69) is 48.5 Å². The van der Waals surface area contributed by atoms with Gasteiger partial charge in [0.1, 0.15) is 11.6 Å². The normalized spacial score (nSPS) is 14.0. The van der Waals surface area contributed by atoms with Crippen LogP contribution in [0.4, 0.5) is 22.1 Å². The summed E-state index contributed by atoms with van der Waals surface area (Å²) in [5.41, 5.74) is 11.0. The number of nitrogens with two attached hydrogens (primary N) is 1. The first kappa shape index (κ1) is 28.9. The number of hydrogen-bond donors (Lipinski definition) is 3. The van der Waals surface area contributed by atoms with Gasteiger partial charge in [0.05, 0.1) is 16.9 Å². The van der Waals surface area contributed by atoms with Crippen LogP contribution in [0.15, 0.2) is 72.9 Å². The zero-order chi connectivity index (χ0) is 29.9. The van der Waals surface area contributed by atoms with Gasteiger partial charge in [0.25, 0.3) is 5.91 Å². The van der Waals surface area contributed by atoms with Gasteiger partial charge >= 0.3 is 6.03 Å². The van der Waals surface area contributed by atoms with Crippen molar-refractivity contribution in [3.05, 3.63) is 95.3 Å². The fourth-order valence-corrected chi connectivity index (χ4v) is 5.16. The lowest BCUT2D eigenvalue weighted by atomic mass is 9.90. The third kappa shape index (κ3) is 6.79. The number of hydrogen-bond acceptors (Lipinski definition) is 5. The van der Waals surface area contributed by atoms with Crippen LogP contribution in [0, 0.1) is 12.8 Å². The van der Waals surface area contributed by atoms with Gasteiger partial charge in [0.2, 0.25) is 0 Å². The number of urea groups is 1. The Balaban J connectivity index is 1.17. The number of piperidine rings is 1. The third-order valence-corrected chi connectivity index (χ3v) is 7.70. The van der Waals surface area contributed by atoms with Gasteiger partial charge in [-0.2, -0.15) is 5.10 Å². The van der Waals surface area contributed by atoms with Crippen molar-refractivity contribution in [2.24, 2.45) is 5.92 Å². The highest BCUT2D eigenvalue weighted by molar-refractivity contribution is 5.99. The molecule has 3 heterocycles. The Labute approximate surface area is 247 Å². The number of carbonyl (C=O) groups is 2. The van der Waals surface area contributed by atoms with E-state index in [0.29, 0.717) is 36.1 Å². The number of rotatable bonds is 6. The van der Waals surface area contributed by atoms with Gasteiger partial charge in [-0.05, 0) is 74.1 Å². The number of likely N-dealkylation sites (tertiary alicyclic amines) is 1. The Kier molecular flexibility index (Phi) is 8.29. The number of aromatic nitrogens is 3. The molecule has 0 unspecified atom stereocenters. The second-order valence-corrected chi connectivity index (χ2v) is 12.1. The maximum Gasteiger partial charge on any atom is 0.324 e. The SMILES string of the molecule is Cc1ccc(-n2nc(C(C)(C)C)cc2NC(=O)Nc2ccc(CC3CCN(C(=O)c4cccnc4N)CC3)cc2)cc1. The molecule has 0 aliphatic carbocycles. The minimum Gasteiger partial charge on any atom is -0.383 e. The largest absolute Gasteiger partial charge is 0.383 e. The van der Waals surface area contributed by atoms with E-state index in [1.807, 2.05) is 54.3 Å². The molecule has 9 nitrogen and oxygen atoms in total. The first-order chi connectivity index (χ1) is 20.1. The average molecular weight is 566 g/mol. The summed E-state index contributed by atoms with van der Waals surface area (Å²) >= 11 is 0. The number of carbonyl (C=O) groups excluding carboxylic acids is 2. The predicted molar refractivity (Wildman–Crippen MR) is 167 cm³/mol. The number of aryl methyl sites for hydroxylation is 1. The summed E-state index contributed by atoms with van der Waals surface area (Å²) in [6.07, 6.45) is 4.38. The number of amides is 3. The molecule has 1 aliphatic heterocycles. The van der Waals surface area contributed by atoms with Crippen LogP contribution in [0.1, 0.15) is 60.8 Å². The topological polar surface area (TPSA) is 118 Å². The Morgan fingerprint density at radius 1 is 0.976 bits per heavy atom. The lowest BCUT2D eigenvalue weighted by Crippen LogP contribution is -2.39. The molecule has 0 bridgehead atoms. The molecule has 0 spiro atoms. The summed E-state index contributed by atoms with van der Waals surface area (Å²) < 4.78 is 1.77. The van der Waals surface area contributed by atoms with Crippen LogP contribution >= 0.6 is 0 Å². The van der Waals surface area contributed by atoms with Crippen molar-refractivity contribution in [2.45, 2.75) is 52.4 Å². The fourth-order valence-electron chi connectivity index (χ4n) is 5.16. The Hall–Kier alpha value is -4.66. The van der Waals surface area contributed by atoms with Gasteiger partial charge in [0, 0.05) is 36.5 Å². The van der Waals surface area contributed by atoms with Crippen LogP contribution in [0.5, 0.6) is 0 Å². The highest BCUT2D eigenvalue weighted by atomic mass is 16.2. The lowest BCUT2D eigenvalue weighted by molar-refractivity contribution is 0.0691. The Bertz CT molecular complexity index is 1540. The van der Waals surface area contributed by atoms with Gasteiger partial charge in [-0.1, -0.05) is 50.6 Å². The maximum absolute atomic E-state index is 13.0. The zero-order valence-corrected chi connectivity index (χ0v) is 24.7. The van der Waals surface area contributed by atoms with Crippen molar-refractivity contribution in [1.82, 2.24) is 19.7 Å². The number of nitrogens with zero attached hydrogens (tertiary/aromatic N) is 4. The molecule has 0 atom stereocenters. The van der Waals surface area contributed by atoms with Crippen molar-refractivity contribution >= 4 is 29.3 Å². The molecule has 2 aromatic carbocycles. The second-order valence-electron chi connectivity index (χ2n) is 12.1. The predicted octanol–water partition coefficient (Wildman–Crippen LogP) is 6.19. The van der Waals surface area contributed by atoms with Crippen molar-refractivity contribution in [2.75, 3.05) is 29.5 Å². The molecule has 0 radical (unpaired) electrons. The summed E-state index contributed by atoms with van der Waals surface area (Å²) in [5, 5.41) is 10.7. The molecule has 4 aromatic rings. The summed E-state index contributed by atoms with van der Waals surface area (Å²) in [4.78, 5) is 31.7. The molecular formula is C33H39N7O2. The summed E-state index contributed by atoms with van der Waals surface area (Å²) in [5.74, 6) is 1.32. The molecule has 9 heteroatoms. The van der Waals surface area contributed by atoms with E-state index in [1.54, 1.807) is 23.0 Å². The quantitative estimate of drug-likeness (QED) is 0.257. The first-order valence-electron chi connectivity index (χ1n) is 14.4. The Morgan fingerprint density at radius 2 is 1.67 bits per heavy atom. The van der Waals surface area contributed by atoms with Gasteiger partial charge in [-0.3, -0.25) is 10.1 Å². The minimum atomic E-state index is -0.331. The molecule has 42 heavy (non-hydrogen) atoms. The molecule has 1 saturated heterocycles. The monoisotopic (exact) mass is 565 g/mol. The molecule has 4 N–H and O–H groups in total. The standard InChI is InChI=1S/C33H39N7O2/c1-22-7-13-26(14-8-22)40-29(21-28(38-40)33(2,3)4)37-32(42)36-25-11-9-23(10-12-25)20-24-15-18-39(19-16-24)31(41)27-6-5-17-35-30(27)34/h5-14,17,21,24H,15-16,18-20H2,1-4H3,(H2,34,35)(H2,36,37,42). The van der Waals surface area contributed by atoms with E-state index in [1.165, 1.54) is 5.56 Å². The molecule has 1 aliphatic rings. The number of pyridine rings is 1. The Morgan fingerprint density at radius 3 is 2.31 bits per heavy atom. The molecule has 2 aromatic heterocycles. The van der Waals surface area contributed by atoms with Gasteiger partial charge < -0.3 is 16.0 Å². The third-order valence-electron chi connectivity index (χ3n) is 7.70. The van der Waals surface area contributed by atoms with Crippen LogP contribution in [-0.4, -0.2) is 44.7 Å². The minimum absolute atomic E-state index is 0.0516. The van der Waals surface area contributed by atoms with Crippen LogP contribution in [0.2, 0.25) is 0 Å². The van der Waals surface area contributed by atoms with Crippen LogP contribution < -0.4 is 16.4 Å². The van der Waals surface area contributed by atoms with E-state index < -0.39 is 0 Å². The average Bonchev–Trinajstić information content (AvgIpc) is 3.39. The maximum atomic E-state index is 13.0. The molecule has 0 saturated carbocycles.